The number of aryl methyl sites for hydroxylation is 5. The predicted molar refractivity (Wildman–Crippen MR) is 115 cm³/mol. The van der Waals surface area contributed by atoms with Crippen LogP contribution in [0.25, 0.3) is 44.1 Å². The summed E-state index contributed by atoms with van der Waals surface area (Å²) >= 11 is 0. The first-order valence-corrected chi connectivity index (χ1v) is 8.89. The van der Waals surface area contributed by atoms with Crippen molar-refractivity contribution in [1.82, 2.24) is 4.98 Å². The molecule has 0 fully saturated rings. The maximum absolute atomic E-state index is 8.03. The Bertz CT molecular complexity index is 1710. The summed E-state index contributed by atoms with van der Waals surface area (Å²) in [5.41, 5.74) is 1.77. The zero-order valence-corrected chi connectivity index (χ0v) is 15.4. The molecule has 0 amide bonds. The summed E-state index contributed by atoms with van der Waals surface area (Å²) in [4.78, 5) is 4.28. The second-order valence-corrected chi connectivity index (χ2v) is 7.00. The van der Waals surface area contributed by atoms with Gasteiger partial charge < -0.3 is 4.42 Å². The van der Waals surface area contributed by atoms with E-state index in [0.29, 0.717) is 27.6 Å². The lowest BCUT2D eigenvalue weighted by atomic mass is 9.92. The van der Waals surface area contributed by atoms with Gasteiger partial charge in [-0.05, 0) is 61.5 Å². The molecule has 2 aromatic carbocycles. The van der Waals surface area contributed by atoms with Crippen LogP contribution < -0.4 is 4.57 Å². The van der Waals surface area contributed by atoms with Gasteiger partial charge in [-0.2, -0.15) is 0 Å². The molecule has 0 aliphatic rings. The molecule has 0 atom stereocenters. The fourth-order valence-electron chi connectivity index (χ4n) is 3.96. The van der Waals surface area contributed by atoms with Crippen molar-refractivity contribution in [1.29, 1.82) is 0 Å². The molecule has 0 unspecified atom stereocenters. The largest absolute Gasteiger partial charge is 0.437 e. The number of hydrogen-bond acceptors (Lipinski definition) is 2. The van der Waals surface area contributed by atoms with Crippen LogP contribution in [0.3, 0.4) is 0 Å². The van der Waals surface area contributed by atoms with E-state index in [2.05, 4.69) is 4.98 Å². The van der Waals surface area contributed by atoms with E-state index >= 15 is 0 Å². The molecule has 0 saturated heterocycles. The van der Waals surface area contributed by atoms with Crippen LogP contribution in [-0.4, -0.2) is 4.98 Å². The smallest absolute Gasteiger partial charge is 0.227 e. The molecular formula is C25H23N2O+. The Labute approximate surface area is 176 Å². The van der Waals surface area contributed by atoms with Gasteiger partial charge in [-0.1, -0.05) is 24.3 Å². The summed E-state index contributed by atoms with van der Waals surface area (Å²) in [6, 6.07) is 12.2. The number of nitrogens with zero attached hydrogens (tertiary/aromatic N) is 2. The third-order valence-corrected chi connectivity index (χ3v) is 5.29. The molecule has 0 radical (unpaired) electrons. The lowest BCUT2D eigenvalue weighted by molar-refractivity contribution is -0.660. The van der Waals surface area contributed by atoms with E-state index in [-0.39, 0.29) is 22.5 Å². The molecule has 3 aromatic heterocycles. The van der Waals surface area contributed by atoms with Crippen LogP contribution in [0.4, 0.5) is 0 Å². The van der Waals surface area contributed by atoms with E-state index in [1.807, 2.05) is 31.2 Å². The van der Waals surface area contributed by atoms with Crippen LogP contribution in [0.2, 0.25) is 0 Å². The number of fused-ring (bicyclic) bond motifs is 5. The van der Waals surface area contributed by atoms with Crippen LogP contribution in [-0.2, 0) is 7.05 Å². The highest BCUT2D eigenvalue weighted by Gasteiger charge is 2.24. The highest BCUT2D eigenvalue weighted by molar-refractivity contribution is 6.22. The molecule has 28 heavy (non-hydrogen) atoms. The van der Waals surface area contributed by atoms with Gasteiger partial charge in [0.2, 0.25) is 11.4 Å². The fourth-order valence-corrected chi connectivity index (χ4v) is 3.96. The average molecular weight is 377 g/mol. The number of aromatic nitrogens is 2. The maximum atomic E-state index is 8.03. The first kappa shape index (κ1) is 9.83. The fraction of sp³-hybridized carbons (Fsp3) is 0.200. The Balaban J connectivity index is 1.96. The topological polar surface area (TPSA) is 29.9 Å². The molecule has 138 valence electrons. The summed E-state index contributed by atoms with van der Waals surface area (Å²) in [6.07, 6.45) is 1.33. The lowest BCUT2D eigenvalue weighted by Gasteiger charge is -2.11. The first-order valence-electron chi connectivity index (χ1n) is 13.4. The van der Waals surface area contributed by atoms with Crippen molar-refractivity contribution in [2.45, 2.75) is 27.5 Å². The van der Waals surface area contributed by atoms with Crippen LogP contribution in [0, 0.1) is 27.5 Å². The minimum Gasteiger partial charge on any atom is -0.437 e. The molecule has 0 aliphatic heterocycles. The minimum absolute atomic E-state index is 0.0982. The molecule has 5 aromatic rings. The van der Waals surface area contributed by atoms with E-state index in [1.165, 1.54) is 18.3 Å². The van der Waals surface area contributed by atoms with Crippen molar-refractivity contribution < 1.29 is 21.3 Å². The second kappa shape index (κ2) is 5.90. The lowest BCUT2D eigenvalue weighted by Crippen LogP contribution is -2.31. The van der Waals surface area contributed by atoms with Crippen molar-refractivity contribution in [2.24, 2.45) is 7.05 Å². The van der Waals surface area contributed by atoms with E-state index in [0.717, 1.165) is 16.3 Å². The molecule has 3 heteroatoms. The molecule has 0 N–H and O–H groups in total. The Hall–Kier alpha value is -3.20. The molecular weight excluding hydrogens is 344 g/mol. The molecule has 3 heterocycles. The van der Waals surface area contributed by atoms with E-state index in [1.54, 1.807) is 17.7 Å². The third kappa shape index (κ3) is 2.29. The Morgan fingerprint density at radius 3 is 2.57 bits per heavy atom. The van der Waals surface area contributed by atoms with Gasteiger partial charge >= 0.3 is 0 Å². The van der Waals surface area contributed by atoms with Gasteiger partial charge in [-0.25, -0.2) is 9.55 Å². The van der Waals surface area contributed by atoms with Crippen LogP contribution in [0.1, 0.15) is 34.7 Å². The van der Waals surface area contributed by atoms with Gasteiger partial charge in [-0.3, -0.25) is 0 Å². The Kier molecular flexibility index (Phi) is 2.07. The molecule has 0 aliphatic carbocycles. The van der Waals surface area contributed by atoms with Gasteiger partial charge in [0.25, 0.3) is 0 Å². The number of furan rings is 1. The van der Waals surface area contributed by atoms with Crippen LogP contribution in [0.15, 0.2) is 53.1 Å². The predicted octanol–water partition coefficient (Wildman–Crippen LogP) is 5.86. The summed E-state index contributed by atoms with van der Waals surface area (Å²) in [5.74, 6) is 0. The van der Waals surface area contributed by atoms with Gasteiger partial charge in [0.1, 0.15) is 7.05 Å². The van der Waals surface area contributed by atoms with Crippen molar-refractivity contribution in [3.05, 3.63) is 71.0 Å². The zero-order valence-electron chi connectivity index (χ0n) is 24.4. The summed E-state index contributed by atoms with van der Waals surface area (Å²) in [6.45, 7) is -5.82. The first-order chi connectivity index (χ1) is 17.1. The Morgan fingerprint density at radius 2 is 1.79 bits per heavy atom. The standard InChI is InChI=1S/C25H23N2O/c1-14-12-21(27(5)13-15(14)2)22-17(4)18-8-6-7-9-19(18)23-20-11-10-16(3)26-25(20)28-24(22)23/h6-13H,1-5H3/q+1/i1D3,2D3,3D3. The van der Waals surface area contributed by atoms with E-state index in [4.69, 9.17) is 16.8 Å². The summed E-state index contributed by atoms with van der Waals surface area (Å²) in [7, 11) is 1.65. The number of benzene rings is 2. The Morgan fingerprint density at radius 1 is 0.964 bits per heavy atom. The molecule has 0 saturated carbocycles. The highest BCUT2D eigenvalue weighted by atomic mass is 16.3. The van der Waals surface area contributed by atoms with Crippen LogP contribution >= 0.6 is 0 Å². The van der Waals surface area contributed by atoms with E-state index < -0.39 is 20.6 Å². The van der Waals surface area contributed by atoms with Gasteiger partial charge in [0.15, 0.2) is 11.8 Å². The van der Waals surface area contributed by atoms with Crippen molar-refractivity contribution in [3.8, 4) is 11.3 Å². The SMILES string of the molecule is [2H]C([2H])([2H])c1ccc2c(n1)oc1c(-c3cc(C([2H])([2H])[2H])c(C([2H])([2H])[2H])c[n+]3C)c(C)c3ccccc3c12. The van der Waals surface area contributed by atoms with Crippen molar-refractivity contribution in [2.75, 3.05) is 0 Å². The second-order valence-electron chi connectivity index (χ2n) is 7.00. The quantitative estimate of drug-likeness (QED) is 0.343. The minimum atomic E-state index is -2.67. The highest BCUT2D eigenvalue weighted by Crippen LogP contribution is 2.42. The summed E-state index contributed by atoms with van der Waals surface area (Å²) in [5, 5.41) is 3.10. The van der Waals surface area contributed by atoms with Crippen molar-refractivity contribution in [3.63, 3.8) is 0 Å². The molecule has 0 spiro atoms. The van der Waals surface area contributed by atoms with E-state index in [9.17, 15) is 0 Å². The van der Waals surface area contributed by atoms with Gasteiger partial charge in [0, 0.05) is 40.4 Å². The number of pyridine rings is 2. The molecule has 3 nitrogen and oxygen atoms in total. The van der Waals surface area contributed by atoms with Gasteiger partial charge in [0.05, 0.1) is 5.56 Å². The number of rotatable bonds is 1. The third-order valence-electron chi connectivity index (χ3n) is 5.29. The van der Waals surface area contributed by atoms with Gasteiger partial charge in [-0.15, -0.1) is 0 Å². The average Bonchev–Trinajstić information content (AvgIpc) is 3.16. The maximum Gasteiger partial charge on any atom is 0.227 e. The monoisotopic (exact) mass is 376 g/mol. The molecule has 5 rings (SSSR count). The van der Waals surface area contributed by atoms with Crippen molar-refractivity contribution >= 4 is 32.8 Å². The molecule has 0 bridgehead atoms. The zero-order chi connectivity index (χ0) is 27.1. The summed E-state index contributed by atoms with van der Waals surface area (Å²) < 4.78 is 78.7. The normalized spacial score (nSPS) is 17.9. The van der Waals surface area contributed by atoms with Crippen LogP contribution in [0.5, 0.6) is 0 Å². The number of hydrogen-bond donors (Lipinski definition) is 0.